The van der Waals surface area contributed by atoms with Crippen LogP contribution in [0.2, 0.25) is 0 Å². The third-order valence-corrected chi connectivity index (χ3v) is 3.12. The van der Waals surface area contributed by atoms with Gasteiger partial charge >= 0.3 is 0 Å². The molecule has 4 heteroatoms. The van der Waals surface area contributed by atoms with Crippen molar-refractivity contribution in [3.8, 4) is 11.8 Å². The van der Waals surface area contributed by atoms with Crippen LogP contribution in [0.3, 0.4) is 0 Å². The number of fused-ring (bicyclic) bond motifs is 1. The molecule has 0 fully saturated rings. The van der Waals surface area contributed by atoms with E-state index in [0.717, 1.165) is 11.1 Å². The molecule has 0 atom stereocenters. The van der Waals surface area contributed by atoms with Gasteiger partial charge in [-0.25, -0.2) is 0 Å². The molecule has 0 unspecified atom stereocenters. The summed E-state index contributed by atoms with van der Waals surface area (Å²) in [6.45, 7) is 6.36. The van der Waals surface area contributed by atoms with Crippen molar-refractivity contribution in [1.29, 1.82) is 5.26 Å². The Balaban J connectivity index is 2.39. The summed E-state index contributed by atoms with van der Waals surface area (Å²) < 4.78 is 5.23. The molecule has 1 aliphatic heterocycles. The van der Waals surface area contributed by atoms with Gasteiger partial charge in [0, 0.05) is 12.1 Å². The first kappa shape index (κ1) is 12.2. The van der Waals surface area contributed by atoms with Crippen molar-refractivity contribution in [2.45, 2.75) is 13.5 Å². The molecular formula is C14H14N2O2. The van der Waals surface area contributed by atoms with Crippen molar-refractivity contribution in [2.24, 2.45) is 0 Å². The van der Waals surface area contributed by atoms with Crippen LogP contribution in [0.1, 0.15) is 21.5 Å². The van der Waals surface area contributed by atoms with Crippen LogP contribution in [0, 0.1) is 18.3 Å². The van der Waals surface area contributed by atoms with E-state index in [9.17, 15) is 4.79 Å². The van der Waals surface area contributed by atoms with E-state index in [1.54, 1.807) is 18.1 Å². The van der Waals surface area contributed by atoms with Gasteiger partial charge in [-0.1, -0.05) is 12.6 Å². The number of amides is 1. The number of nitriles is 1. The number of hydrogen-bond donors (Lipinski definition) is 0. The molecule has 0 spiro atoms. The van der Waals surface area contributed by atoms with Crippen molar-refractivity contribution >= 4 is 5.91 Å². The first-order valence-electron chi connectivity index (χ1n) is 5.62. The van der Waals surface area contributed by atoms with E-state index < -0.39 is 0 Å². The zero-order chi connectivity index (χ0) is 13.3. The maximum atomic E-state index is 12.3. The van der Waals surface area contributed by atoms with E-state index in [1.807, 2.05) is 19.1 Å². The molecule has 0 aliphatic carbocycles. The second-order valence-electron chi connectivity index (χ2n) is 4.31. The van der Waals surface area contributed by atoms with Crippen LogP contribution in [0.25, 0.3) is 0 Å². The predicted octanol–water partition coefficient (Wildman–Crippen LogP) is 2.04. The van der Waals surface area contributed by atoms with E-state index in [4.69, 9.17) is 10.00 Å². The van der Waals surface area contributed by atoms with Crippen LogP contribution in [-0.2, 0) is 6.54 Å². The summed E-state index contributed by atoms with van der Waals surface area (Å²) in [6, 6.07) is 5.70. The van der Waals surface area contributed by atoms with Crippen molar-refractivity contribution < 1.29 is 9.53 Å². The normalized spacial score (nSPS) is 13.2. The second kappa shape index (κ2) is 4.53. The smallest absolute Gasteiger partial charge is 0.258 e. The van der Waals surface area contributed by atoms with Crippen LogP contribution in [0.5, 0.6) is 5.75 Å². The Labute approximate surface area is 106 Å². The van der Waals surface area contributed by atoms with Crippen molar-refractivity contribution in [3.63, 3.8) is 0 Å². The average molecular weight is 242 g/mol. The summed E-state index contributed by atoms with van der Waals surface area (Å²) in [7, 11) is 1.55. The second-order valence-corrected chi connectivity index (χ2v) is 4.31. The molecule has 1 aromatic rings. The van der Waals surface area contributed by atoms with Gasteiger partial charge < -0.3 is 9.64 Å². The molecule has 0 bridgehead atoms. The minimum absolute atomic E-state index is 0.0954. The lowest BCUT2D eigenvalue weighted by Gasteiger charge is -2.14. The first-order valence-corrected chi connectivity index (χ1v) is 5.62. The largest absolute Gasteiger partial charge is 0.496 e. The highest BCUT2D eigenvalue weighted by molar-refractivity contribution is 6.01. The number of nitrogens with zero attached hydrogens (tertiary/aromatic N) is 2. The van der Waals surface area contributed by atoms with E-state index in [2.05, 4.69) is 6.58 Å². The van der Waals surface area contributed by atoms with Gasteiger partial charge in [-0.05, 0) is 24.1 Å². The van der Waals surface area contributed by atoms with Gasteiger partial charge in [0.2, 0.25) is 0 Å². The predicted molar refractivity (Wildman–Crippen MR) is 67.2 cm³/mol. The first-order chi connectivity index (χ1) is 8.58. The minimum atomic E-state index is -0.0954. The van der Waals surface area contributed by atoms with Crippen molar-refractivity contribution in [2.75, 3.05) is 13.7 Å². The highest BCUT2D eigenvalue weighted by Crippen LogP contribution is 2.33. The molecule has 0 radical (unpaired) electrons. The van der Waals surface area contributed by atoms with Gasteiger partial charge in [-0.2, -0.15) is 5.26 Å². The maximum absolute atomic E-state index is 12.3. The number of ether oxygens (including phenoxy) is 1. The SMILES string of the molecule is C=C(C#N)CN1Cc2c(C)ccc(OC)c2C1=O. The number of rotatable bonds is 3. The molecule has 0 aromatic heterocycles. The molecule has 1 aliphatic rings. The molecule has 18 heavy (non-hydrogen) atoms. The third kappa shape index (κ3) is 1.84. The number of carbonyl (C=O) groups is 1. The lowest BCUT2D eigenvalue weighted by molar-refractivity contribution is 0.0791. The van der Waals surface area contributed by atoms with Crippen LogP contribution in [0.15, 0.2) is 24.3 Å². The summed E-state index contributed by atoms with van der Waals surface area (Å²) in [6.07, 6.45) is 0. The molecule has 0 saturated heterocycles. The fourth-order valence-electron chi connectivity index (χ4n) is 2.15. The highest BCUT2D eigenvalue weighted by atomic mass is 16.5. The highest BCUT2D eigenvalue weighted by Gasteiger charge is 2.31. The maximum Gasteiger partial charge on any atom is 0.258 e. The number of benzene rings is 1. The summed E-state index contributed by atoms with van der Waals surface area (Å²) >= 11 is 0. The Bertz CT molecular complexity index is 570. The Morgan fingerprint density at radius 3 is 2.94 bits per heavy atom. The average Bonchev–Trinajstić information content (AvgIpc) is 2.69. The van der Waals surface area contributed by atoms with Crippen molar-refractivity contribution in [3.05, 3.63) is 41.0 Å². The van der Waals surface area contributed by atoms with E-state index in [-0.39, 0.29) is 12.5 Å². The molecule has 2 rings (SSSR count). The number of aryl methyl sites for hydroxylation is 1. The van der Waals surface area contributed by atoms with Crippen LogP contribution < -0.4 is 4.74 Å². The quantitative estimate of drug-likeness (QED) is 0.762. The van der Waals surface area contributed by atoms with Gasteiger partial charge in [0.05, 0.1) is 25.3 Å². The number of hydrogen-bond acceptors (Lipinski definition) is 3. The van der Waals surface area contributed by atoms with Crippen LogP contribution in [-0.4, -0.2) is 24.5 Å². The fourth-order valence-corrected chi connectivity index (χ4v) is 2.15. The van der Waals surface area contributed by atoms with Gasteiger partial charge in [0.15, 0.2) is 0 Å². The lowest BCUT2D eigenvalue weighted by atomic mass is 10.0. The Hall–Kier alpha value is -2.28. The standard InChI is InChI=1S/C14H14N2O2/c1-9(6-15)7-16-8-11-10(2)4-5-12(18-3)13(11)14(16)17/h4-5H,1,7-8H2,2-3H3. The molecule has 0 saturated carbocycles. The van der Waals surface area contributed by atoms with Gasteiger partial charge in [-0.3, -0.25) is 4.79 Å². The molecule has 4 nitrogen and oxygen atoms in total. The summed E-state index contributed by atoms with van der Waals surface area (Å²) in [5.41, 5.74) is 3.03. The van der Waals surface area contributed by atoms with Gasteiger partial charge in [-0.15, -0.1) is 0 Å². The molecular weight excluding hydrogens is 228 g/mol. The Kier molecular flexibility index (Phi) is 3.07. The third-order valence-electron chi connectivity index (χ3n) is 3.12. The summed E-state index contributed by atoms with van der Waals surface area (Å²) in [5, 5.41) is 8.74. The minimum Gasteiger partial charge on any atom is -0.496 e. The van der Waals surface area contributed by atoms with Gasteiger partial charge in [0.1, 0.15) is 5.75 Å². The van der Waals surface area contributed by atoms with Gasteiger partial charge in [0.25, 0.3) is 5.91 Å². The number of methoxy groups -OCH3 is 1. The molecule has 1 amide bonds. The molecule has 1 aromatic carbocycles. The molecule has 0 N–H and O–H groups in total. The monoisotopic (exact) mass is 242 g/mol. The van der Waals surface area contributed by atoms with E-state index >= 15 is 0 Å². The lowest BCUT2D eigenvalue weighted by Crippen LogP contribution is -2.25. The zero-order valence-corrected chi connectivity index (χ0v) is 10.5. The fraction of sp³-hybridized carbons (Fsp3) is 0.286. The number of carbonyl (C=O) groups excluding carboxylic acids is 1. The topological polar surface area (TPSA) is 53.3 Å². The van der Waals surface area contributed by atoms with E-state index in [0.29, 0.717) is 23.4 Å². The van der Waals surface area contributed by atoms with Crippen molar-refractivity contribution in [1.82, 2.24) is 4.90 Å². The molecule has 1 heterocycles. The van der Waals surface area contributed by atoms with E-state index in [1.165, 1.54) is 0 Å². The Morgan fingerprint density at radius 1 is 1.61 bits per heavy atom. The van der Waals surface area contributed by atoms with Crippen LogP contribution >= 0.6 is 0 Å². The Morgan fingerprint density at radius 2 is 2.33 bits per heavy atom. The summed E-state index contributed by atoms with van der Waals surface area (Å²) in [5.74, 6) is 0.493. The molecule has 92 valence electrons. The van der Waals surface area contributed by atoms with Crippen LogP contribution in [0.4, 0.5) is 0 Å². The summed E-state index contributed by atoms with van der Waals surface area (Å²) in [4.78, 5) is 13.9. The zero-order valence-electron chi connectivity index (χ0n) is 10.5.